The molecule has 1 aromatic carbocycles. The van der Waals surface area contributed by atoms with Gasteiger partial charge < -0.3 is 14.1 Å². The van der Waals surface area contributed by atoms with Crippen molar-refractivity contribution >= 4 is 28.5 Å². The van der Waals surface area contributed by atoms with Crippen LogP contribution in [0.15, 0.2) is 81.5 Å². The molecule has 0 saturated heterocycles. The van der Waals surface area contributed by atoms with Crippen molar-refractivity contribution in [2.45, 2.75) is 39.7 Å². The van der Waals surface area contributed by atoms with Crippen LogP contribution in [0.1, 0.15) is 39.4 Å². The number of hydrogen-bond donors (Lipinski definition) is 0. The molecule has 4 heteroatoms. The quantitative estimate of drug-likeness (QED) is 0.520. The number of Topliss-reactive ketones (excluding diaryl/α,β-unsaturated/α-hetero) is 1. The van der Waals surface area contributed by atoms with Crippen LogP contribution in [0.25, 0.3) is 17.0 Å². The van der Waals surface area contributed by atoms with Crippen molar-refractivity contribution in [1.82, 2.24) is 0 Å². The molecule has 2 atom stereocenters. The number of hydrogen-bond acceptors (Lipinski definition) is 4. The van der Waals surface area contributed by atoms with Gasteiger partial charge in [-0.2, -0.15) is 0 Å². The Labute approximate surface area is 189 Å². The van der Waals surface area contributed by atoms with Gasteiger partial charge in [-0.05, 0) is 76.1 Å². The van der Waals surface area contributed by atoms with E-state index < -0.39 is 0 Å². The summed E-state index contributed by atoms with van der Waals surface area (Å²) < 4.78 is 12.1. The van der Waals surface area contributed by atoms with Gasteiger partial charge in [0.2, 0.25) is 0 Å². The third-order valence-electron chi connectivity index (χ3n) is 6.55. The van der Waals surface area contributed by atoms with Crippen molar-refractivity contribution in [3.8, 4) is 0 Å². The number of fused-ring (bicyclic) bond motifs is 2. The molecule has 0 radical (unpaired) electrons. The van der Waals surface area contributed by atoms with Crippen LogP contribution in [0.2, 0.25) is 0 Å². The molecule has 2 aliphatic carbocycles. The van der Waals surface area contributed by atoms with E-state index in [0.717, 1.165) is 65.3 Å². The number of carbonyl (C=O) groups is 1. The van der Waals surface area contributed by atoms with Crippen LogP contribution in [0.5, 0.6) is 0 Å². The van der Waals surface area contributed by atoms with Crippen LogP contribution in [-0.2, 0) is 9.53 Å². The Morgan fingerprint density at radius 2 is 1.84 bits per heavy atom. The number of allylic oxidation sites excluding steroid dienone is 5. The molecule has 0 spiro atoms. The molecule has 1 fully saturated rings. The van der Waals surface area contributed by atoms with Gasteiger partial charge >= 0.3 is 0 Å². The van der Waals surface area contributed by atoms with E-state index in [-0.39, 0.29) is 17.8 Å². The molecular formula is C28H29NO3. The average molecular weight is 428 g/mol. The monoisotopic (exact) mass is 427 g/mol. The highest BCUT2D eigenvalue weighted by Gasteiger charge is 2.29. The zero-order valence-corrected chi connectivity index (χ0v) is 18.9. The highest BCUT2D eigenvalue weighted by Crippen LogP contribution is 2.35. The van der Waals surface area contributed by atoms with Gasteiger partial charge in [-0.25, -0.2) is 0 Å². The van der Waals surface area contributed by atoms with Gasteiger partial charge in [0.25, 0.3) is 0 Å². The first-order chi connectivity index (χ1) is 15.5. The fourth-order valence-corrected chi connectivity index (χ4v) is 4.75. The van der Waals surface area contributed by atoms with Crippen molar-refractivity contribution < 1.29 is 13.9 Å². The summed E-state index contributed by atoms with van der Waals surface area (Å²) in [6.07, 6.45) is 13.9. The van der Waals surface area contributed by atoms with Gasteiger partial charge in [-0.3, -0.25) is 4.79 Å². The van der Waals surface area contributed by atoms with Crippen molar-refractivity contribution in [3.63, 3.8) is 0 Å². The molecule has 2 unspecified atom stereocenters. The second-order valence-corrected chi connectivity index (χ2v) is 8.71. The molecule has 2 aromatic rings. The maximum Gasteiger partial charge on any atom is 0.185 e. The van der Waals surface area contributed by atoms with E-state index in [1.807, 2.05) is 18.2 Å². The van der Waals surface area contributed by atoms with Crippen LogP contribution < -0.4 is 4.90 Å². The summed E-state index contributed by atoms with van der Waals surface area (Å²) in [5.74, 6) is 1.88. The first-order valence-electron chi connectivity index (χ1n) is 11.5. The van der Waals surface area contributed by atoms with Gasteiger partial charge in [0.05, 0.1) is 0 Å². The molecule has 0 amide bonds. The van der Waals surface area contributed by atoms with E-state index in [1.165, 1.54) is 5.57 Å². The fourth-order valence-electron chi connectivity index (χ4n) is 4.75. The van der Waals surface area contributed by atoms with E-state index in [1.54, 1.807) is 0 Å². The van der Waals surface area contributed by atoms with E-state index in [0.29, 0.717) is 0 Å². The maximum absolute atomic E-state index is 13.0. The Bertz CT molecular complexity index is 1220. The molecule has 0 N–H and O–H groups in total. The summed E-state index contributed by atoms with van der Waals surface area (Å²) in [5, 5.41) is 1.05. The third kappa shape index (κ3) is 3.86. The van der Waals surface area contributed by atoms with Crippen LogP contribution in [0, 0.1) is 5.92 Å². The Balaban J connectivity index is 1.34. The molecule has 1 aromatic heterocycles. The van der Waals surface area contributed by atoms with Crippen LogP contribution in [0.4, 0.5) is 5.69 Å². The van der Waals surface area contributed by atoms with E-state index in [2.05, 4.69) is 68.2 Å². The number of ether oxygens (including phenoxy) is 1. The second kappa shape index (κ2) is 8.34. The highest BCUT2D eigenvalue weighted by molar-refractivity contribution is 6.13. The lowest BCUT2D eigenvalue weighted by Crippen LogP contribution is -2.21. The topological polar surface area (TPSA) is 42.7 Å². The predicted molar refractivity (Wildman–Crippen MR) is 129 cm³/mol. The average Bonchev–Trinajstić information content (AvgIpc) is 3.46. The molecule has 164 valence electrons. The van der Waals surface area contributed by atoms with Crippen molar-refractivity contribution in [1.29, 1.82) is 0 Å². The number of furan rings is 1. The molecular weight excluding hydrogens is 398 g/mol. The summed E-state index contributed by atoms with van der Waals surface area (Å²) >= 11 is 0. The first-order valence-corrected chi connectivity index (χ1v) is 11.5. The van der Waals surface area contributed by atoms with Crippen LogP contribution >= 0.6 is 0 Å². The van der Waals surface area contributed by atoms with E-state index in [9.17, 15) is 4.79 Å². The Hall–Kier alpha value is -3.27. The number of anilines is 1. The summed E-state index contributed by atoms with van der Waals surface area (Å²) in [4.78, 5) is 15.3. The molecule has 5 rings (SSSR count). The molecule has 1 saturated carbocycles. The molecule has 1 aliphatic heterocycles. The summed E-state index contributed by atoms with van der Waals surface area (Å²) in [7, 11) is 0. The van der Waals surface area contributed by atoms with Crippen molar-refractivity contribution in [2.75, 3.05) is 18.0 Å². The SMILES string of the molecule is CCN(CC)c1ccc2cc(C=C3CCC(=CC4=CC5C=CC(C)=CC5O4)C3=O)oc2c1. The minimum Gasteiger partial charge on any atom is -0.486 e. The molecule has 2 heterocycles. The number of ketones is 1. The minimum atomic E-state index is 0.0511. The Kier molecular flexibility index (Phi) is 5.38. The molecule has 3 aliphatic rings. The number of rotatable bonds is 5. The van der Waals surface area contributed by atoms with E-state index in [4.69, 9.17) is 9.15 Å². The normalized spacial score (nSPS) is 24.8. The van der Waals surface area contributed by atoms with E-state index >= 15 is 0 Å². The van der Waals surface area contributed by atoms with Crippen molar-refractivity contribution in [3.05, 3.63) is 82.9 Å². The van der Waals surface area contributed by atoms with Gasteiger partial charge in [0.1, 0.15) is 23.2 Å². The predicted octanol–water partition coefficient (Wildman–Crippen LogP) is 6.37. The molecule has 0 bridgehead atoms. The zero-order valence-electron chi connectivity index (χ0n) is 18.9. The lowest BCUT2D eigenvalue weighted by Gasteiger charge is -2.20. The highest BCUT2D eigenvalue weighted by atomic mass is 16.5. The molecule has 32 heavy (non-hydrogen) atoms. The lowest BCUT2D eigenvalue weighted by atomic mass is 9.95. The number of nitrogens with zero attached hydrogens (tertiary/aromatic N) is 1. The van der Waals surface area contributed by atoms with Gasteiger partial charge in [0.15, 0.2) is 5.78 Å². The van der Waals surface area contributed by atoms with Gasteiger partial charge in [0, 0.05) is 47.3 Å². The summed E-state index contributed by atoms with van der Waals surface area (Å²) in [6.45, 7) is 8.29. The Morgan fingerprint density at radius 1 is 1.06 bits per heavy atom. The molecule has 4 nitrogen and oxygen atoms in total. The summed E-state index contributed by atoms with van der Waals surface area (Å²) in [5.41, 5.74) is 4.83. The Morgan fingerprint density at radius 3 is 2.62 bits per heavy atom. The largest absolute Gasteiger partial charge is 0.486 e. The summed E-state index contributed by atoms with van der Waals surface area (Å²) in [6, 6.07) is 8.31. The van der Waals surface area contributed by atoms with Crippen LogP contribution in [0.3, 0.4) is 0 Å². The third-order valence-corrected chi connectivity index (χ3v) is 6.55. The standard InChI is InChI=1S/C28H29NO3/c1-4-29(5-2)23-11-10-20-14-25(32-27(20)17-23)16-22-9-8-21(28(22)30)15-24-13-19-7-6-18(3)12-26(19)31-24/h6-7,10-17,19,26H,4-5,8-9H2,1-3H3. The van der Waals surface area contributed by atoms with Gasteiger partial charge in [-0.1, -0.05) is 17.7 Å². The maximum atomic E-state index is 13.0. The van der Waals surface area contributed by atoms with Crippen LogP contribution in [-0.4, -0.2) is 25.0 Å². The smallest absolute Gasteiger partial charge is 0.185 e. The number of benzene rings is 1. The first kappa shape index (κ1) is 20.6. The minimum absolute atomic E-state index is 0.0511. The lowest BCUT2D eigenvalue weighted by molar-refractivity contribution is -0.111. The van der Waals surface area contributed by atoms with Crippen molar-refractivity contribution in [2.24, 2.45) is 5.92 Å². The second-order valence-electron chi connectivity index (χ2n) is 8.71. The fraction of sp³-hybridized carbons (Fsp3) is 0.321. The number of carbonyl (C=O) groups excluding carboxylic acids is 1. The van der Waals surface area contributed by atoms with Gasteiger partial charge in [-0.15, -0.1) is 0 Å². The zero-order chi connectivity index (χ0) is 22.2.